The minimum Gasteiger partial charge on any atom is -0.423 e. The van der Waals surface area contributed by atoms with Crippen LogP contribution in [-0.4, -0.2) is 11.9 Å². The fourth-order valence-electron chi connectivity index (χ4n) is 5.40. The van der Waals surface area contributed by atoms with Crippen molar-refractivity contribution >= 4 is 33.5 Å². The Balaban J connectivity index is 1.28. The third kappa shape index (κ3) is 6.76. The summed E-state index contributed by atoms with van der Waals surface area (Å²) in [6.45, 7) is 12.9. The third-order valence-corrected chi connectivity index (χ3v) is 7.80. The SMILES string of the molecule is C=C(C)C(=O)Oc1ccc(CCc2ccc(CCc3ccc(OC(=O)C(=C)C)c4ccccc34)c(C)c2)c2ccccc12. The van der Waals surface area contributed by atoms with Crippen LogP contribution in [0.25, 0.3) is 21.5 Å². The number of aryl methyl sites for hydroxylation is 5. The van der Waals surface area contributed by atoms with Gasteiger partial charge >= 0.3 is 11.9 Å². The van der Waals surface area contributed by atoms with Gasteiger partial charge in [0.15, 0.2) is 0 Å². The van der Waals surface area contributed by atoms with Gasteiger partial charge in [0, 0.05) is 21.9 Å². The number of rotatable bonds is 10. The maximum Gasteiger partial charge on any atom is 0.338 e. The second-order valence-electron chi connectivity index (χ2n) is 11.1. The van der Waals surface area contributed by atoms with E-state index in [0.717, 1.165) is 47.2 Å². The minimum atomic E-state index is -0.414. The predicted octanol–water partition coefficient (Wildman–Crippen LogP) is 8.83. The molecular weight excluding hydrogens is 532 g/mol. The Hall–Kier alpha value is -4.96. The molecule has 216 valence electrons. The highest BCUT2D eigenvalue weighted by molar-refractivity contribution is 5.96. The molecule has 0 aliphatic carbocycles. The summed E-state index contributed by atoms with van der Waals surface area (Å²) in [4.78, 5) is 24.3. The normalized spacial score (nSPS) is 11.0. The molecule has 0 saturated carbocycles. The van der Waals surface area contributed by atoms with Crippen LogP contribution in [0.3, 0.4) is 0 Å². The molecule has 0 atom stereocenters. The summed E-state index contributed by atoms with van der Waals surface area (Å²) in [6, 6.07) is 30.7. The van der Waals surface area contributed by atoms with Crippen LogP contribution in [0.15, 0.2) is 115 Å². The van der Waals surface area contributed by atoms with Gasteiger partial charge in [0.1, 0.15) is 11.5 Å². The smallest absolute Gasteiger partial charge is 0.338 e. The number of ether oxygens (including phenoxy) is 2. The molecule has 0 radical (unpaired) electrons. The molecule has 0 aromatic heterocycles. The van der Waals surface area contributed by atoms with Gasteiger partial charge in [-0.05, 0) is 97.2 Å². The summed E-state index contributed by atoms with van der Waals surface area (Å²) in [5.74, 6) is 0.289. The summed E-state index contributed by atoms with van der Waals surface area (Å²) in [7, 11) is 0. The second-order valence-corrected chi connectivity index (χ2v) is 11.1. The highest BCUT2D eigenvalue weighted by Gasteiger charge is 2.13. The molecular formula is C39H36O4. The first-order valence-corrected chi connectivity index (χ1v) is 14.6. The lowest BCUT2D eigenvalue weighted by molar-refractivity contribution is -0.130. The Labute approximate surface area is 253 Å². The Bertz CT molecular complexity index is 1880. The maximum absolute atomic E-state index is 12.1. The van der Waals surface area contributed by atoms with E-state index in [4.69, 9.17) is 9.47 Å². The molecule has 0 aliphatic heterocycles. The molecule has 0 amide bonds. The molecule has 0 bridgehead atoms. The standard InChI is InChI=1S/C39H36O4/c1-25(2)38(40)42-36-22-20-30(32-10-6-8-12-34(32)36)17-15-28-14-16-29(27(5)24-28)18-19-31-21-23-37(43-39(41)26(3)4)35-13-9-7-11-33(31)35/h6-14,16,20-24H,1,3,15,17-19H2,2,4-5H3. The molecule has 43 heavy (non-hydrogen) atoms. The van der Waals surface area contributed by atoms with Crippen LogP contribution in [0.5, 0.6) is 11.5 Å². The molecule has 4 heteroatoms. The molecule has 0 fully saturated rings. The quantitative estimate of drug-likeness (QED) is 0.0959. The first-order valence-electron chi connectivity index (χ1n) is 14.6. The van der Waals surface area contributed by atoms with E-state index in [1.54, 1.807) is 13.8 Å². The summed E-state index contributed by atoms with van der Waals surface area (Å²) >= 11 is 0. The largest absolute Gasteiger partial charge is 0.423 e. The zero-order valence-electron chi connectivity index (χ0n) is 25.0. The van der Waals surface area contributed by atoms with Gasteiger partial charge in [-0.25, -0.2) is 9.59 Å². The Morgan fingerprint density at radius 3 is 1.44 bits per heavy atom. The average molecular weight is 569 g/mol. The highest BCUT2D eigenvalue weighted by atomic mass is 16.5. The number of hydrogen-bond donors (Lipinski definition) is 0. The number of carbonyl (C=O) groups excluding carboxylic acids is 2. The third-order valence-electron chi connectivity index (χ3n) is 7.80. The summed E-state index contributed by atoms with van der Waals surface area (Å²) in [5.41, 5.74) is 7.08. The zero-order valence-corrected chi connectivity index (χ0v) is 25.0. The van der Waals surface area contributed by atoms with Gasteiger partial charge < -0.3 is 9.47 Å². The van der Waals surface area contributed by atoms with E-state index in [0.29, 0.717) is 22.6 Å². The van der Waals surface area contributed by atoms with E-state index < -0.39 is 11.9 Å². The van der Waals surface area contributed by atoms with E-state index in [1.165, 1.54) is 27.8 Å². The van der Waals surface area contributed by atoms with Crippen molar-refractivity contribution in [2.45, 2.75) is 46.5 Å². The molecule has 0 spiro atoms. The van der Waals surface area contributed by atoms with E-state index in [2.05, 4.69) is 62.5 Å². The molecule has 0 aliphatic rings. The van der Waals surface area contributed by atoms with Crippen molar-refractivity contribution in [2.24, 2.45) is 0 Å². The first-order chi connectivity index (χ1) is 20.7. The van der Waals surface area contributed by atoms with Gasteiger partial charge in [-0.3, -0.25) is 0 Å². The van der Waals surface area contributed by atoms with Gasteiger partial charge in [0.25, 0.3) is 0 Å². The van der Waals surface area contributed by atoms with Crippen molar-refractivity contribution in [3.05, 3.63) is 143 Å². The van der Waals surface area contributed by atoms with Crippen LogP contribution < -0.4 is 9.47 Å². The number of esters is 2. The number of fused-ring (bicyclic) bond motifs is 2. The zero-order chi connectivity index (χ0) is 30.5. The molecule has 4 nitrogen and oxygen atoms in total. The van der Waals surface area contributed by atoms with Crippen molar-refractivity contribution in [3.63, 3.8) is 0 Å². The van der Waals surface area contributed by atoms with E-state index in [9.17, 15) is 9.59 Å². The first kappa shape index (κ1) is 29.5. The lowest BCUT2D eigenvalue weighted by atomic mass is 9.93. The molecule has 0 unspecified atom stereocenters. The van der Waals surface area contributed by atoms with Crippen molar-refractivity contribution in [1.82, 2.24) is 0 Å². The lowest BCUT2D eigenvalue weighted by Crippen LogP contribution is -2.08. The molecule has 0 saturated heterocycles. The summed E-state index contributed by atoms with van der Waals surface area (Å²) in [6.07, 6.45) is 3.58. The lowest BCUT2D eigenvalue weighted by Gasteiger charge is -2.14. The van der Waals surface area contributed by atoms with Gasteiger partial charge in [-0.1, -0.05) is 92.0 Å². The van der Waals surface area contributed by atoms with Crippen molar-refractivity contribution < 1.29 is 19.1 Å². The minimum absolute atomic E-state index is 0.375. The molecule has 0 heterocycles. The van der Waals surface area contributed by atoms with Crippen LogP contribution >= 0.6 is 0 Å². The fraction of sp³-hybridized carbons (Fsp3) is 0.179. The Kier molecular flexibility index (Phi) is 8.87. The van der Waals surface area contributed by atoms with Crippen LogP contribution in [0.2, 0.25) is 0 Å². The van der Waals surface area contributed by atoms with Crippen molar-refractivity contribution in [3.8, 4) is 11.5 Å². The van der Waals surface area contributed by atoms with E-state index in [-0.39, 0.29) is 0 Å². The van der Waals surface area contributed by atoms with Crippen LogP contribution in [-0.2, 0) is 35.3 Å². The molecule has 5 aromatic rings. The van der Waals surface area contributed by atoms with Crippen molar-refractivity contribution in [2.75, 3.05) is 0 Å². The highest BCUT2D eigenvalue weighted by Crippen LogP contribution is 2.32. The van der Waals surface area contributed by atoms with Crippen LogP contribution in [0.1, 0.15) is 41.7 Å². The van der Waals surface area contributed by atoms with E-state index in [1.807, 2.05) is 48.5 Å². The van der Waals surface area contributed by atoms with Crippen LogP contribution in [0, 0.1) is 6.92 Å². The monoisotopic (exact) mass is 568 g/mol. The number of benzene rings is 5. The van der Waals surface area contributed by atoms with Gasteiger partial charge in [0.2, 0.25) is 0 Å². The number of carbonyl (C=O) groups is 2. The van der Waals surface area contributed by atoms with Gasteiger partial charge in [-0.15, -0.1) is 0 Å². The Morgan fingerprint density at radius 1 is 0.558 bits per heavy atom. The average Bonchev–Trinajstić information content (AvgIpc) is 3.00. The van der Waals surface area contributed by atoms with Crippen LogP contribution in [0.4, 0.5) is 0 Å². The number of hydrogen-bond acceptors (Lipinski definition) is 4. The van der Waals surface area contributed by atoms with Gasteiger partial charge in [-0.2, -0.15) is 0 Å². The molecule has 5 aromatic carbocycles. The summed E-state index contributed by atoms with van der Waals surface area (Å²) < 4.78 is 11.2. The second kappa shape index (κ2) is 12.9. The predicted molar refractivity (Wildman–Crippen MR) is 175 cm³/mol. The molecule has 0 N–H and O–H groups in total. The molecule has 5 rings (SSSR count). The maximum atomic E-state index is 12.1. The Morgan fingerprint density at radius 2 is 0.977 bits per heavy atom. The van der Waals surface area contributed by atoms with E-state index >= 15 is 0 Å². The fourth-order valence-corrected chi connectivity index (χ4v) is 5.40. The topological polar surface area (TPSA) is 52.6 Å². The summed E-state index contributed by atoms with van der Waals surface area (Å²) in [5, 5.41) is 4.04. The van der Waals surface area contributed by atoms with Gasteiger partial charge in [0.05, 0.1) is 0 Å². The van der Waals surface area contributed by atoms with Crippen molar-refractivity contribution in [1.29, 1.82) is 0 Å².